The second-order valence-electron chi connectivity index (χ2n) is 8.14. The SMILES string of the molecule is C[C@H]1C[C@@H](Nc2nc(N3CCOCC3)[nH]c(=O)c2-c2nc3ccccc3s2)[C@H](O)[C@@H]1O.Cl. The molecule has 0 amide bonds. The number of halogens is 1. The summed E-state index contributed by atoms with van der Waals surface area (Å²) in [7, 11) is 0. The Morgan fingerprint density at radius 2 is 1.94 bits per heavy atom. The molecule has 3 aromatic rings. The van der Waals surface area contributed by atoms with Gasteiger partial charge >= 0.3 is 0 Å². The van der Waals surface area contributed by atoms with Gasteiger partial charge in [-0.15, -0.1) is 23.7 Å². The number of anilines is 2. The molecule has 9 nitrogen and oxygen atoms in total. The van der Waals surface area contributed by atoms with E-state index in [0.29, 0.717) is 55.1 Å². The van der Waals surface area contributed by atoms with Crippen molar-refractivity contribution in [3.8, 4) is 10.6 Å². The van der Waals surface area contributed by atoms with E-state index < -0.39 is 18.2 Å². The van der Waals surface area contributed by atoms with Gasteiger partial charge in [-0.2, -0.15) is 4.98 Å². The number of nitrogens with one attached hydrogen (secondary N) is 2. The van der Waals surface area contributed by atoms with Crippen LogP contribution in [-0.2, 0) is 4.74 Å². The first-order valence-corrected chi connectivity index (χ1v) is 11.3. The monoisotopic (exact) mass is 479 g/mol. The van der Waals surface area contributed by atoms with Crippen molar-refractivity contribution >= 4 is 45.7 Å². The fraction of sp³-hybridized carbons (Fsp3) is 0.476. The number of aliphatic hydroxyl groups is 2. The van der Waals surface area contributed by atoms with E-state index in [1.807, 2.05) is 36.1 Å². The van der Waals surface area contributed by atoms with Gasteiger partial charge in [-0.05, 0) is 24.5 Å². The van der Waals surface area contributed by atoms with Gasteiger partial charge in [0, 0.05) is 13.1 Å². The molecule has 1 saturated heterocycles. The number of aliphatic hydroxyl groups excluding tert-OH is 2. The lowest BCUT2D eigenvalue weighted by Crippen LogP contribution is -2.39. The van der Waals surface area contributed by atoms with E-state index in [9.17, 15) is 15.0 Å². The molecule has 0 bridgehead atoms. The molecule has 0 unspecified atom stereocenters. The molecular weight excluding hydrogens is 454 g/mol. The fourth-order valence-electron chi connectivity index (χ4n) is 4.24. The quantitative estimate of drug-likeness (QED) is 0.447. The van der Waals surface area contributed by atoms with Crippen LogP contribution in [0.2, 0.25) is 0 Å². The molecule has 32 heavy (non-hydrogen) atoms. The third-order valence-corrected chi connectivity index (χ3v) is 7.07. The first-order chi connectivity index (χ1) is 15.0. The first kappa shape index (κ1) is 22.9. The Hall–Kier alpha value is -2.24. The number of hydrogen-bond donors (Lipinski definition) is 4. The van der Waals surface area contributed by atoms with E-state index >= 15 is 0 Å². The molecule has 0 radical (unpaired) electrons. The average Bonchev–Trinajstić information content (AvgIpc) is 3.30. The lowest BCUT2D eigenvalue weighted by molar-refractivity contribution is 0.0210. The zero-order valence-corrected chi connectivity index (χ0v) is 19.2. The van der Waals surface area contributed by atoms with Crippen LogP contribution in [0.3, 0.4) is 0 Å². The average molecular weight is 480 g/mol. The molecular formula is C21H26ClN5O4S. The Kier molecular flexibility index (Phi) is 6.68. The summed E-state index contributed by atoms with van der Waals surface area (Å²) in [5, 5.41) is 24.5. The van der Waals surface area contributed by atoms with Crippen LogP contribution in [-0.4, -0.2) is 69.7 Å². The molecule has 3 heterocycles. The third-order valence-electron chi connectivity index (χ3n) is 6.02. The van der Waals surface area contributed by atoms with E-state index in [4.69, 9.17) is 9.72 Å². The van der Waals surface area contributed by atoms with Crippen molar-refractivity contribution < 1.29 is 14.9 Å². The predicted octanol–water partition coefficient (Wildman–Crippen LogP) is 1.85. The van der Waals surface area contributed by atoms with Crippen LogP contribution in [0.1, 0.15) is 13.3 Å². The molecule has 1 aliphatic carbocycles. The zero-order chi connectivity index (χ0) is 21.5. The third kappa shape index (κ3) is 4.20. The number of hydrogen-bond acceptors (Lipinski definition) is 9. The van der Waals surface area contributed by atoms with Crippen molar-refractivity contribution in [2.45, 2.75) is 31.6 Å². The maximum atomic E-state index is 13.2. The highest BCUT2D eigenvalue weighted by molar-refractivity contribution is 7.21. The summed E-state index contributed by atoms with van der Waals surface area (Å²) in [5.74, 6) is 0.774. The number of nitrogens with zero attached hydrogens (tertiary/aromatic N) is 3. The number of para-hydroxylation sites is 1. The molecule has 4 N–H and O–H groups in total. The zero-order valence-electron chi connectivity index (χ0n) is 17.5. The number of ether oxygens (including phenoxy) is 1. The predicted molar refractivity (Wildman–Crippen MR) is 127 cm³/mol. The summed E-state index contributed by atoms with van der Waals surface area (Å²) in [5.41, 5.74) is 0.869. The van der Waals surface area contributed by atoms with Gasteiger partial charge in [0.2, 0.25) is 5.95 Å². The Morgan fingerprint density at radius 3 is 2.62 bits per heavy atom. The summed E-state index contributed by atoms with van der Waals surface area (Å²) in [4.78, 5) is 27.5. The van der Waals surface area contributed by atoms with Gasteiger partial charge in [-0.1, -0.05) is 19.1 Å². The standard InChI is InChI=1S/C21H25N5O4S.ClH/c1-11-10-13(17(28)16(11)27)22-18-15(20-23-12-4-2-3-5-14(12)31-20)19(29)25-21(24-18)26-6-8-30-9-7-26;/h2-5,11,13,16-17,27-28H,6-10H2,1H3,(H2,22,24,25,29);1H/t11-,13+,16+,17-;/m0./s1. The Morgan fingerprint density at radius 1 is 1.19 bits per heavy atom. The minimum absolute atomic E-state index is 0. The molecule has 1 aliphatic heterocycles. The summed E-state index contributed by atoms with van der Waals surface area (Å²) in [6.45, 7) is 4.29. The summed E-state index contributed by atoms with van der Waals surface area (Å²) in [6.07, 6.45) is -1.18. The molecule has 2 fully saturated rings. The van der Waals surface area contributed by atoms with Gasteiger partial charge in [0.25, 0.3) is 5.56 Å². The number of benzene rings is 1. The molecule has 2 aliphatic rings. The maximum absolute atomic E-state index is 13.2. The van der Waals surface area contributed by atoms with E-state index in [0.717, 1.165) is 10.2 Å². The van der Waals surface area contributed by atoms with E-state index in [2.05, 4.69) is 15.3 Å². The molecule has 172 valence electrons. The summed E-state index contributed by atoms with van der Waals surface area (Å²) >= 11 is 1.42. The highest BCUT2D eigenvalue weighted by Crippen LogP contribution is 2.34. The Balaban J connectivity index is 0.00000245. The van der Waals surface area contributed by atoms with E-state index in [1.54, 1.807) is 0 Å². The topological polar surface area (TPSA) is 124 Å². The lowest BCUT2D eigenvalue weighted by Gasteiger charge is -2.28. The second-order valence-corrected chi connectivity index (χ2v) is 9.17. The van der Waals surface area contributed by atoms with Gasteiger partial charge in [-0.25, -0.2) is 4.98 Å². The minimum Gasteiger partial charge on any atom is -0.390 e. The molecule has 0 spiro atoms. The van der Waals surface area contributed by atoms with Crippen molar-refractivity contribution in [2.75, 3.05) is 36.5 Å². The van der Waals surface area contributed by atoms with Gasteiger partial charge in [0.05, 0.1) is 35.6 Å². The number of fused-ring (bicyclic) bond motifs is 1. The molecule has 1 saturated carbocycles. The van der Waals surface area contributed by atoms with Crippen molar-refractivity contribution in [2.24, 2.45) is 5.92 Å². The molecule has 1 aromatic carbocycles. The molecule has 4 atom stereocenters. The van der Waals surface area contributed by atoms with Crippen LogP contribution in [0, 0.1) is 5.92 Å². The molecule has 11 heteroatoms. The highest BCUT2D eigenvalue weighted by Gasteiger charge is 2.39. The van der Waals surface area contributed by atoms with Crippen LogP contribution in [0.15, 0.2) is 29.1 Å². The smallest absolute Gasteiger partial charge is 0.264 e. The van der Waals surface area contributed by atoms with Crippen molar-refractivity contribution in [3.63, 3.8) is 0 Å². The van der Waals surface area contributed by atoms with Gasteiger partial charge in [-0.3, -0.25) is 9.78 Å². The molecule has 5 rings (SSSR count). The first-order valence-electron chi connectivity index (χ1n) is 10.5. The molecule has 2 aromatic heterocycles. The number of H-pyrrole nitrogens is 1. The van der Waals surface area contributed by atoms with E-state index in [-0.39, 0.29) is 23.9 Å². The Labute approximate surface area is 194 Å². The number of aromatic amines is 1. The van der Waals surface area contributed by atoms with Gasteiger partial charge in [0.1, 0.15) is 22.5 Å². The van der Waals surface area contributed by atoms with E-state index in [1.165, 1.54) is 11.3 Å². The van der Waals surface area contributed by atoms with Crippen molar-refractivity contribution in [1.82, 2.24) is 15.0 Å². The number of thiazole rings is 1. The van der Waals surface area contributed by atoms with Crippen molar-refractivity contribution in [1.29, 1.82) is 0 Å². The normalized spacial score (nSPS) is 25.7. The van der Waals surface area contributed by atoms with Crippen LogP contribution in [0.5, 0.6) is 0 Å². The number of rotatable bonds is 4. The van der Waals surface area contributed by atoms with Crippen molar-refractivity contribution in [3.05, 3.63) is 34.6 Å². The largest absolute Gasteiger partial charge is 0.390 e. The van der Waals surface area contributed by atoms with Crippen LogP contribution >= 0.6 is 23.7 Å². The van der Waals surface area contributed by atoms with Crippen LogP contribution in [0.25, 0.3) is 20.8 Å². The second kappa shape index (κ2) is 9.32. The van der Waals surface area contributed by atoms with Crippen LogP contribution < -0.4 is 15.8 Å². The maximum Gasteiger partial charge on any atom is 0.264 e. The summed E-state index contributed by atoms with van der Waals surface area (Å²) in [6, 6.07) is 7.30. The minimum atomic E-state index is -0.939. The van der Waals surface area contributed by atoms with Gasteiger partial charge in [0.15, 0.2) is 0 Å². The highest BCUT2D eigenvalue weighted by atomic mass is 35.5. The Bertz CT molecular complexity index is 1120. The number of morpholine rings is 1. The lowest BCUT2D eigenvalue weighted by atomic mass is 10.1. The number of aromatic nitrogens is 3. The van der Waals surface area contributed by atoms with Gasteiger partial charge < -0.3 is 25.2 Å². The summed E-state index contributed by atoms with van der Waals surface area (Å²) < 4.78 is 6.38. The van der Waals surface area contributed by atoms with Crippen LogP contribution in [0.4, 0.5) is 11.8 Å². The fourth-order valence-corrected chi connectivity index (χ4v) is 5.25.